The van der Waals surface area contributed by atoms with Crippen LogP contribution in [-0.4, -0.2) is 15.6 Å². The number of pyridine rings is 1. The fourth-order valence-electron chi connectivity index (χ4n) is 3.58. The molecule has 4 aromatic rings. The molecule has 0 saturated carbocycles. The van der Waals surface area contributed by atoms with Crippen molar-refractivity contribution in [2.24, 2.45) is 0 Å². The van der Waals surface area contributed by atoms with Gasteiger partial charge in [-0.1, -0.05) is 40.5 Å². The number of hydrogen-bond acceptors (Lipinski definition) is 4. The second-order valence-electron chi connectivity index (χ2n) is 7.27. The maximum atomic E-state index is 12.9. The molecule has 0 saturated heterocycles. The summed E-state index contributed by atoms with van der Waals surface area (Å²) in [6.45, 7) is 5.80. The summed E-state index contributed by atoms with van der Waals surface area (Å²) in [5, 5.41) is 8.03. The quantitative estimate of drug-likeness (QED) is 0.572. The predicted molar refractivity (Wildman–Crippen MR) is 113 cm³/mol. The SMILES string of the molecule is Cc1cc(C)cc(CC(=O)Nc2cccc3c(=O)n(-c4cc(C)on4)ccc23)c1. The Kier molecular flexibility index (Phi) is 4.76. The van der Waals surface area contributed by atoms with Gasteiger partial charge in [-0.15, -0.1) is 0 Å². The number of aryl methyl sites for hydroxylation is 3. The highest BCUT2D eigenvalue weighted by Crippen LogP contribution is 2.22. The third-order valence-corrected chi connectivity index (χ3v) is 4.73. The number of rotatable bonds is 4. The van der Waals surface area contributed by atoms with Gasteiger partial charge in [-0.3, -0.25) is 14.2 Å². The van der Waals surface area contributed by atoms with E-state index in [1.54, 1.807) is 43.5 Å². The van der Waals surface area contributed by atoms with Crippen molar-refractivity contribution in [3.63, 3.8) is 0 Å². The number of carbonyl (C=O) groups excluding carboxylic acids is 1. The first-order valence-corrected chi connectivity index (χ1v) is 9.36. The molecule has 0 atom stereocenters. The van der Waals surface area contributed by atoms with Crippen molar-refractivity contribution in [3.8, 4) is 5.82 Å². The standard InChI is InChI=1S/C23H21N3O3/c1-14-9-15(2)11-17(10-14)13-22(27)24-20-6-4-5-19-18(20)7-8-26(23(19)28)21-12-16(3)29-25-21/h4-12H,13H2,1-3H3,(H,24,27). The molecule has 0 aliphatic heterocycles. The number of hydrogen-bond donors (Lipinski definition) is 1. The van der Waals surface area contributed by atoms with Gasteiger partial charge in [-0.2, -0.15) is 0 Å². The lowest BCUT2D eigenvalue weighted by Gasteiger charge is -2.11. The Hall–Kier alpha value is -3.67. The summed E-state index contributed by atoms with van der Waals surface area (Å²) in [5.41, 5.74) is 3.60. The van der Waals surface area contributed by atoms with Gasteiger partial charge in [0, 0.05) is 28.7 Å². The van der Waals surface area contributed by atoms with Crippen molar-refractivity contribution in [2.45, 2.75) is 27.2 Å². The molecule has 2 heterocycles. The van der Waals surface area contributed by atoms with Crippen LogP contribution in [0.2, 0.25) is 0 Å². The Morgan fingerprint density at radius 2 is 1.79 bits per heavy atom. The van der Waals surface area contributed by atoms with Crippen molar-refractivity contribution in [2.75, 3.05) is 5.32 Å². The van der Waals surface area contributed by atoms with Gasteiger partial charge in [0.1, 0.15) is 5.76 Å². The summed E-state index contributed by atoms with van der Waals surface area (Å²) in [6, 6.07) is 14.9. The van der Waals surface area contributed by atoms with Crippen LogP contribution in [0, 0.1) is 20.8 Å². The van der Waals surface area contributed by atoms with Gasteiger partial charge in [0.2, 0.25) is 5.91 Å². The largest absolute Gasteiger partial charge is 0.360 e. The molecule has 0 bridgehead atoms. The van der Waals surface area contributed by atoms with Crippen LogP contribution in [0.25, 0.3) is 16.6 Å². The number of nitrogens with zero attached hydrogens (tertiary/aromatic N) is 2. The first kappa shape index (κ1) is 18.7. The number of nitrogens with one attached hydrogen (secondary N) is 1. The smallest absolute Gasteiger partial charge is 0.264 e. The highest BCUT2D eigenvalue weighted by Gasteiger charge is 2.12. The molecular weight excluding hydrogens is 366 g/mol. The van der Waals surface area contributed by atoms with Crippen molar-refractivity contribution in [3.05, 3.63) is 87.5 Å². The molecule has 0 aliphatic rings. The summed E-state index contributed by atoms with van der Waals surface area (Å²) in [6.07, 6.45) is 1.91. The average molecular weight is 387 g/mol. The maximum Gasteiger partial charge on any atom is 0.264 e. The van der Waals surface area contributed by atoms with Gasteiger partial charge in [0.05, 0.1) is 6.42 Å². The topological polar surface area (TPSA) is 77.1 Å². The predicted octanol–water partition coefficient (Wildman–Crippen LogP) is 4.09. The molecule has 2 aromatic heterocycles. The van der Waals surface area contributed by atoms with Crippen LogP contribution >= 0.6 is 0 Å². The summed E-state index contributed by atoms with van der Waals surface area (Å²) in [5.74, 6) is 0.928. The van der Waals surface area contributed by atoms with Crippen molar-refractivity contribution >= 4 is 22.4 Å². The third-order valence-electron chi connectivity index (χ3n) is 4.73. The van der Waals surface area contributed by atoms with Gasteiger partial charge in [-0.05, 0) is 44.5 Å². The van der Waals surface area contributed by atoms with E-state index in [-0.39, 0.29) is 17.9 Å². The molecule has 1 N–H and O–H groups in total. The molecule has 0 radical (unpaired) electrons. The third kappa shape index (κ3) is 3.82. The fraction of sp³-hybridized carbons (Fsp3) is 0.174. The van der Waals surface area contributed by atoms with Crippen LogP contribution in [-0.2, 0) is 11.2 Å². The second-order valence-corrected chi connectivity index (χ2v) is 7.27. The van der Waals surface area contributed by atoms with Crippen molar-refractivity contribution in [1.82, 2.24) is 9.72 Å². The lowest BCUT2D eigenvalue weighted by atomic mass is 10.0. The number of amides is 1. The molecule has 146 valence electrons. The first-order valence-electron chi connectivity index (χ1n) is 9.36. The van der Waals surface area contributed by atoms with Crippen LogP contribution in [0.3, 0.4) is 0 Å². The number of carbonyl (C=O) groups is 1. The van der Waals surface area contributed by atoms with Crippen molar-refractivity contribution < 1.29 is 9.32 Å². The fourth-order valence-corrected chi connectivity index (χ4v) is 3.58. The summed E-state index contributed by atoms with van der Waals surface area (Å²) in [7, 11) is 0. The Balaban J connectivity index is 1.65. The number of fused-ring (bicyclic) bond motifs is 1. The van der Waals surface area contributed by atoms with E-state index in [1.807, 2.05) is 26.0 Å². The minimum absolute atomic E-state index is 0.126. The van der Waals surface area contributed by atoms with E-state index < -0.39 is 0 Å². The van der Waals surface area contributed by atoms with Crippen LogP contribution in [0.15, 0.2) is 64.0 Å². The average Bonchev–Trinajstić information content (AvgIpc) is 3.07. The van der Waals surface area contributed by atoms with E-state index >= 15 is 0 Å². The number of benzene rings is 2. The molecule has 29 heavy (non-hydrogen) atoms. The minimum atomic E-state index is -0.221. The number of anilines is 1. The molecule has 6 heteroatoms. The molecule has 0 spiro atoms. The molecule has 2 aromatic carbocycles. The zero-order chi connectivity index (χ0) is 20.5. The molecular formula is C23H21N3O3. The molecule has 1 amide bonds. The van der Waals surface area contributed by atoms with Gasteiger partial charge >= 0.3 is 0 Å². The van der Waals surface area contributed by atoms with Crippen molar-refractivity contribution in [1.29, 1.82) is 0 Å². The van der Waals surface area contributed by atoms with E-state index in [0.29, 0.717) is 28.0 Å². The lowest BCUT2D eigenvalue weighted by Crippen LogP contribution is -2.19. The van der Waals surface area contributed by atoms with Gasteiger partial charge in [-0.25, -0.2) is 0 Å². The van der Waals surface area contributed by atoms with E-state index in [2.05, 4.69) is 16.5 Å². The van der Waals surface area contributed by atoms with E-state index in [0.717, 1.165) is 16.7 Å². The molecule has 6 nitrogen and oxygen atoms in total. The van der Waals surface area contributed by atoms with Gasteiger partial charge in [0.15, 0.2) is 5.82 Å². The zero-order valence-electron chi connectivity index (χ0n) is 16.5. The highest BCUT2D eigenvalue weighted by atomic mass is 16.5. The van der Waals surface area contributed by atoms with Crippen LogP contribution in [0.1, 0.15) is 22.5 Å². The Labute approximate surface area is 167 Å². The van der Waals surface area contributed by atoms with Crippen LogP contribution in [0.5, 0.6) is 0 Å². The highest BCUT2D eigenvalue weighted by molar-refractivity contribution is 6.02. The zero-order valence-corrected chi connectivity index (χ0v) is 16.5. The molecule has 0 fully saturated rings. The number of aromatic nitrogens is 2. The van der Waals surface area contributed by atoms with E-state index in [4.69, 9.17) is 4.52 Å². The maximum absolute atomic E-state index is 12.9. The monoisotopic (exact) mass is 387 g/mol. The molecule has 4 rings (SSSR count). The Morgan fingerprint density at radius 3 is 2.48 bits per heavy atom. The van der Waals surface area contributed by atoms with Gasteiger partial charge < -0.3 is 9.84 Å². The van der Waals surface area contributed by atoms with Crippen LogP contribution < -0.4 is 10.9 Å². The lowest BCUT2D eigenvalue weighted by molar-refractivity contribution is -0.115. The normalized spacial score (nSPS) is 11.0. The molecule has 0 unspecified atom stereocenters. The first-order chi connectivity index (χ1) is 13.9. The minimum Gasteiger partial charge on any atom is -0.360 e. The Morgan fingerprint density at radius 1 is 1.03 bits per heavy atom. The Bertz CT molecular complexity index is 1260. The summed E-state index contributed by atoms with van der Waals surface area (Å²) in [4.78, 5) is 25.5. The van der Waals surface area contributed by atoms with E-state index in [1.165, 1.54) is 4.57 Å². The van der Waals surface area contributed by atoms with E-state index in [9.17, 15) is 9.59 Å². The van der Waals surface area contributed by atoms with Crippen LogP contribution in [0.4, 0.5) is 5.69 Å². The summed E-state index contributed by atoms with van der Waals surface area (Å²) >= 11 is 0. The van der Waals surface area contributed by atoms with Gasteiger partial charge in [0.25, 0.3) is 5.56 Å². The summed E-state index contributed by atoms with van der Waals surface area (Å²) < 4.78 is 6.50. The second kappa shape index (κ2) is 7.39. The molecule has 0 aliphatic carbocycles.